The minimum Gasteiger partial charge on any atom is -0.339 e. The Morgan fingerprint density at radius 3 is 2.54 bits per heavy atom. The highest BCUT2D eigenvalue weighted by atomic mass is 32.2. The van der Waals surface area contributed by atoms with Gasteiger partial charge in [-0.25, -0.2) is 0 Å². The molecular formula is C17H21N3O3S. The molecule has 1 N–H and O–H groups in total. The van der Waals surface area contributed by atoms with Crippen molar-refractivity contribution in [1.82, 2.24) is 9.80 Å². The Balaban J connectivity index is 1.69. The van der Waals surface area contributed by atoms with E-state index < -0.39 is 0 Å². The Bertz CT molecular complexity index is 684. The Hall–Kier alpha value is -2.02. The van der Waals surface area contributed by atoms with Gasteiger partial charge in [0.25, 0.3) is 5.91 Å². The monoisotopic (exact) mass is 347 g/mol. The van der Waals surface area contributed by atoms with Crippen LogP contribution in [0.4, 0.5) is 5.69 Å². The van der Waals surface area contributed by atoms with Crippen LogP contribution in [0.1, 0.15) is 30.6 Å². The van der Waals surface area contributed by atoms with Crippen LogP contribution in [0.3, 0.4) is 0 Å². The summed E-state index contributed by atoms with van der Waals surface area (Å²) in [6.45, 7) is 5.94. The second-order valence-electron chi connectivity index (χ2n) is 5.99. The summed E-state index contributed by atoms with van der Waals surface area (Å²) in [6.07, 6.45) is 0.495. The number of rotatable bonds is 2. The second-order valence-corrected chi connectivity index (χ2v) is 7.37. The van der Waals surface area contributed by atoms with Gasteiger partial charge in [0.2, 0.25) is 11.8 Å². The van der Waals surface area contributed by atoms with Gasteiger partial charge >= 0.3 is 0 Å². The van der Waals surface area contributed by atoms with Crippen molar-refractivity contribution in [2.24, 2.45) is 0 Å². The molecule has 0 bridgehead atoms. The zero-order chi connectivity index (χ0) is 17.3. The fourth-order valence-electron chi connectivity index (χ4n) is 2.91. The molecule has 6 nitrogen and oxygen atoms in total. The van der Waals surface area contributed by atoms with Crippen LogP contribution in [0.15, 0.2) is 23.1 Å². The molecule has 0 aromatic heterocycles. The average molecular weight is 347 g/mol. The average Bonchev–Trinajstić information content (AvgIpc) is 2.61. The molecule has 3 amide bonds. The van der Waals surface area contributed by atoms with Gasteiger partial charge in [0.1, 0.15) is 0 Å². The zero-order valence-corrected chi connectivity index (χ0v) is 14.7. The Labute approximate surface area is 145 Å². The summed E-state index contributed by atoms with van der Waals surface area (Å²) in [5.74, 6) is 0.0350. The molecule has 0 saturated carbocycles. The molecule has 1 unspecified atom stereocenters. The zero-order valence-electron chi connectivity index (χ0n) is 13.9. The number of amides is 3. The smallest absolute Gasteiger partial charge is 0.254 e. The summed E-state index contributed by atoms with van der Waals surface area (Å²) in [7, 11) is 0. The fourth-order valence-corrected chi connectivity index (χ4v) is 3.84. The quantitative estimate of drug-likeness (QED) is 0.886. The van der Waals surface area contributed by atoms with Crippen molar-refractivity contribution < 1.29 is 14.4 Å². The minimum absolute atomic E-state index is 0.0382. The van der Waals surface area contributed by atoms with Crippen molar-refractivity contribution in [2.45, 2.75) is 30.4 Å². The number of piperazine rings is 1. The van der Waals surface area contributed by atoms with Crippen molar-refractivity contribution in [1.29, 1.82) is 0 Å². The molecule has 1 aromatic rings. The van der Waals surface area contributed by atoms with Gasteiger partial charge in [-0.3, -0.25) is 14.4 Å². The molecule has 3 rings (SSSR count). The Morgan fingerprint density at radius 2 is 1.88 bits per heavy atom. The lowest BCUT2D eigenvalue weighted by atomic mass is 10.1. The highest BCUT2D eigenvalue weighted by molar-refractivity contribution is 8.00. The normalized spacial score (nSPS) is 20.4. The van der Waals surface area contributed by atoms with Crippen LogP contribution in [0.25, 0.3) is 0 Å². The summed E-state index contributed by atoms with van der Waals surface area (Å²) < 4.78 is 0. The molecule has 1 fully saturated rings. The van der Waals surface area contributed by atoms with Crippen molar-refractivity contribution in [2.75, 3.05) is 31.5 Å². The topological polar surface area (TPSA) is 69.7 Å². The maximum absolute atomic E-state index is 12.7. The molecule has 1 aromatic carbocycles. The van der Waals surface area contributed by atoms with Crippen LogP contribution in [0, 0.1) is 0 Å². The number of carbonyl (C=O) groups excluding carboxylic acids is 3. The van der Waals surface area contributed by atoms with Gasteiger partial charge in [0, 0.05) is 43.1 Å². The number of fused-ring (bicyclic) bond motifs is 1. The summed E-state index contributed by atoms with van der Waals surface area (Å²) >= 11 is 1.50. The van der Waals surface area contributed by atoms with Crippen LogP contribution in [-0.4, -0.2) is 59.0 Å². The lowest BCUT2D eigenvalue weighted by Gasteiger charge is -2.35. The number of nitrogens with zero attached hydrogens (tertiary/aromatic N) is 2. The van der Waals surface area contributed by atoms with Crippen LogP contribution in [0.5, 0.6) is 0 Å². The van der Waals surface area contributed by atoms with Gasteiger partial charge in [-0.2, -0.15) is 0 Å². The van der Waals surface area contributed by atoms with Gasteiger partial charge in [-0.1, -0.05) is 6.92 Å². The Kier molecular flexibility index (Phi) is 4.80. The number of carbonyl (C=O) groups is 3. The molecule has 2 aliphatic heterocycles. The van der Waals surface area contributed by atoms with Crippen molar-refractivity contribution in [3.8, 4) is 0 Å². The van der Waals surface area contributed by atoms with E-state index >= 15 is 0 Å². The molecule has 0 radical (unpaired) electrons. The number of benzene rings is 1. The number of nitrogens with one attached hydrogen (secondary N) is 1. The Morgan fingerprint density at radius 1 is 1.21 bits per heavy atom. The molecule has 7 heteroatoms. The first-order chi connectivity index (χ1) is 11.5. The highest BCUT2D eigenvalue weighted by Gasteiger charge is 2.27. The van der Waals surface area contributed by atoms with E-state index in [2.05, 4.69) is 5.32 Å². The maximum atomic E-state index is 12.7. The fraction of sp³-hybridized carbons (Fsp3) is 0.471. The molecule has 2 aliphatic rings. The summed E-state index contributed by atoms with van der Waals surface area (Å²) in [5, 5.41) is 2.73. The van der Waals surface area contributed by atoms with E-state index in [0.717, 1.165) is 4.90 Å². The van der Waals surface area contributed by atoms with E-state index in [1.165, 1.54) is 11.8 Å². The maximum Gasteiger partial charge on any atom is 0.254 e. The first-order valence-corrected chi connectivity index (χ1v) is 9.06. The number of anilines is 1. The van der Waals surface area contributed by atoms with E-state index in [0.29, 0.717) is 43.9 Å². The molecule has 1 atom stereocenters. The van der Waals surface area contributed by atoms with Gasteiger partial charge in [-0.05, 0) is 25.1 Å². The minimum atomic E-state index is -0.122. The first kappa shape index (κ1) is 16.8. The van der Waals surface area contributed by atoms with Crippen molar-refractivity contribution in [3.05, 3.63) is 23.8 Å². The van der Waals surface area contributed by atoms with E-state index in [-0.39, 0.29) is 23.0 Å². The van der Waals surface area contributed by atoms with E-state index in [4.69, 9.17) is 0 Å². The second kappa shape index (κ2) is 6.84. The van der Waals surface area contributed by atoms with E-state index in [1.807, 2.05) is 26.0 Å². The third-order valence-electron chi connectivity index (χ3n) is 4.38. The van der Waals surface area contributed by atoms with Crippen LogP contribution >= 0.6 is 11.8 Å². The lowest BCUT2D eigenvalue weighted by Crippen LogP contribution is -2.50. The molecular weight excluding hydrogens is 326 g/mol. The predicted octanol–water partition coefficient (Wildman–Crippen LogP) is 1.81. The number of hydrogen-bond donors (Lipinski definition) is 1. The standard InChI is InChI=1S/C17H21N3O3S/c1-3-15(21)19-6-8-20(9-7-19)17(23)12-4-5-14-13(10-12)18-16(22)11(2)24-14/h4-5,10-11H,3,6-9H2,1-2H3,(H,18,22). The van der Waals surface area contributed by atoms with Crippen LogP contribution < -0.4 is 5.32 Å². The molecule has 0 spiro atoms. The van der Waals surface area contributed by atoms with Crippen molar-refractivity contribution >= 4 is 35.2 Å². The highest BCUT2D eigenvalue weighted by Crippen LogP contribution is 2.36. The van der Waals surface area contributed by atoms with Gasteiger partial charge in [0.05, 0.1) is 10.9 Å². The SMILES string of the molecule is CCC(=O)N1CCN(C(=O)c2ccc3c(c2)NC(=O)C(C)S3)CC1. The number of hydrogen-bond acceptors (Lipinski definition) is 4. The molecule has 1 saturated heterocycles. The van der Waals surface area contributed by atoms with Gasteiger partial charge in [-0.15, -0.1) is 11.8 Å². The lowest BCUT2D eigenvalue weighted by molar-refractivity contribution is -0.132. The third kappa shape index (κ3) is 3.26. The predicted molar refractivity (Wildman–Crippen MR) is 93.2 cm³/mol. The molecule has 0 aliphatic carbocycles. The van der Waals surface area contributed by atoms with E-state index in [9.17, 15) is 14.4 Å². The summed E-state index contributed by atoms with van der Waals surface area (Å²) in [4.78, 5) is 40.7. The van der Waals surface area contributed by atoms with Gasteiger partial charge in [0.15, 0.2) is 0 Å². The summed E-state index contributed by atoms with van der Waals surface area (Å²) in [6, 6.07) is 5.44. The number of thioether (sulfide) groups is 1. The molecule has 128 valence electrons. The van der Waals surface area contributed by atoms with Crippen LogP contribution in [0.2, 0.25) is 0 Å². The molecule has 24 heavy (non-hydrogen) atoms. The van der Waals surface area contributed by atoms with Crippen molar-refractivity contribution in [3.63, 3.8) is 0 Å². The first-order valence-electron chi connectivity index (χ1n) is 8.18. The van der Waals surface area contributed by atoms with Gasteiger partial charge < -0.3 is 15.1 Å². The summed E-state index contributed by atoms with van der Waals surface area (Å²) in [5.41, 5.74) is 1.27. The third-order valence-corrected chi connectivity index (χ3v) is 5.56. The van der Waals surface area contributed by atoms with Crippen LogP contribution in [-0.2, 0) is 9.59 Å². The van der Waals surface area contributed by atoms with E-state index in [1.54, 1.807) is 15.9 Å². The largest absolute Gasteiger partial charge is 0.339 e. The molecule has 2 heterocycles.